The van der Waals surface area contributed by atoms with E-state index in [0.29, 0.717) is 18.8 Å². The molecule has 0 radical (unpaired) electrons. The zero-order valence-corrected chi connectivity index (χ0v) is 10.1. The van der Waals surface area contributed by atoms with Crippen molar-refractivity contribution >= 4 is 11.6 Å². The fourth-order valence-corrected chi connectivity index (χ4v) is 2.12. The van der Waals surface area contributed by atoms with Crippen molar-refractivity contribution < 1.29 is 9.18 Å². The zero-order valence-electron chi connectivity index (χ0n) is 10.1. The third-order valence-corrected chi connectivity index (χ3v) is 3.16. The van der Waals surface area contributed by atoms with Gasteiger partial charge in [0.15, 0.2) is 0 Å². The van der Waals surface area contributed by atoms with E-state index in [0.717, 1.165) is 0 Å². The molecule has 0 bridgehead atoms. The van der Waals surface area contributed by atoms with Gasteiger partial charge in [0.25, 0.3) is 0 Å². The minimum atomic E-state index is -0.438. The van der Waals surface area contributed by atoms with Crippen LogP contribution in [0.3, 0.4) is 0 Å². The van der Waals surface area contributed by atoms with Crippen molar-refractivity contribution in [3.63, 3.8) is 0 Å². The van der Waals surface area contributed by atoms with Crippen LogP contribution in [0.4, 0.5) is 10.1 Å². The van der Waals surface area contributed by atoms with Crippen molar-refractivity contribution in [3.8, 4) is 6.07 Å². The van der Waals surface area contributed by atoms with E-state index < -0.39 is 6.04 Å². The van der Waals surface area contributed by atoms with E-state index >= 15 is 0 Å². The number of hydrogen-bond donors (Lipinski definition) is 0. The third-order valence-electron chi connectivity index (χ3n) is 3.16. The van der Waals surface area contributed by atoms with Crippen LogP contribution in [0.15, 0.2) is 24.3 Å². The fourth-order valence-electron chi connectivity index (χ4n) is 2.12. The van der Waals surface area contributed by atoms with Crippen molar-refractivity contribution in [1.82, 2.24) is 4.90 Å². The van der Waals surface area contributed by atoms with E-state index in [9.17, 15) is 9.18 Å². The Kier molecular flexibility index (Phi) is 3.58. The van der Waals surface area contributed by atoms with Gasteiger partial charge < -0.3 is 4.90 Å². The summed E-state index contributed by atoms with van der Waals surface area (Å²) in [6.07, 6.45) is 0.154. The van der Waals surface area contributed by atoms with Gasteiger partial charge in [-0.05, 0) is 25.2 Å². The maximum atomic E-state index is 13.2. The first-order valence-electron chi connectivity index (χ1n) is 5.77. The summed E-state index contributed by atoms with van der Waals surface area (Å²) in [6.45, 7) is 1.19. The van der Waals surface area contributed by atoms with Gasteiger partial charge in [0, 0.05) is 18.8 Å². The quantitative estimate of drug-likeness (QED) is 0.793. The summed E-state index contributed by atoms with van der Waals surface area (Å²) in [7, 11) is 1.82. The Balaban J connectivity index is 2.25. The molecule has 18 heavy (non-hydrogen) atoms. The summed E-state index contributed by atoms with van der Waals surface area (Å²) in [6, 6.07) is 7.55. The lowest BCUT2D eigenvalue weighted by Crippen LogP contribution is -2.55. The first-order chi connectivity index (χ1) is 8.63. The van der Waals surface area contributed by atoms with Crippen molar-refractivity contribution in [2.45, 2.75) is 12.5 Å². The smallest absolute Gasteiger partial charge is 0.245 e. The van der Waals surface area contributed by atoms with E-state index in [-0.39, 0.29) is 18.1 Å². The van der Waals surface area contributed by atoms with E-state index in [1.54, 1.807) is 17.0 Å². The molecule has 1 aliphatic heterocycles. The molecule has 1 saturated heterocycles. The van der Waals surface area contributed by atoms with E-state index in [1.807, 2.05) is 18.0 Å². The van der Waals surface area contributed by atoms with Crippen LogP contribution in [0.1, 0.15) is 6.42 Å². The standard InChI is InChI=1S/C13H14FN3O/c1-16-7-8-17(13(18)12(16)5-6-15)11-4-2-3-10(14)9-11/h2-4,9,12H,5,7-8H2,1H3. The van der Waals surface area contributed by atoms with Gasteiger partial charge in [-0.3, -0.25) is 9.69 Å². The van der Waals surface area contributed by atoms with Gasteiger partial charge in [-0.25, -0.2) is 4.39 Å². The van der Waals surface area contributed by atoms with Crippen LogP contribution in [0.2, 0.25) is 0 Å². The number of halogens is 1. The molecule has 0 aliphatic carbocycles. The molecule has 0 spiro atoms. The number of carbonyl (C=O) groups excluding carboxylic acids is 1. The number of anilines is 1. The summed E-state index contributed by atoms with van der Waals surface area (Å²) in [5.41, 5.74) is 0.552. The second-order valence-corrected chi connectivity index (χ2v) is 4.33. The minimum absolute atomic E-state index is 0.143. The highest BCUT2D eigenvalue weighted by atomic mass is 19.1. The molecule has 1 unspecified atom stereocenters. The first-order valence-corrected chi connectivity index (χ1v) is 5.77. The third kappa shape index (κ3) is 2.34. The summed E-state index contributed by atoms with van der Waals surface area (Å²) in [4.78, 5) is 15.7. The lowest BCUT2D eigenvalue weighted by molar-refractivity contribution is -0.125. The number of nitriles is 1. The van der Waals surface area contributed by atoms with E-state index in [2.05, 4.69) is 0 Å². The van der Waals surface area contributed by atoms with Gasteiger partial charge in [-0.15, -0.1) is 0 Å². The first kappa shape index (κ1) is 12.5. The summed E-state index contributed by atoms with van der Waals surface area (Å²) in [5, 5.41) is 8.75. The number of nitrogens with zero attached hydrogens (tertiary/aromatic N) is 3. The monoisotopic (exact) mass is 247 g/mol. The lowest BCUT2D eigenvalue weighted by atomic mass is 10.1. The van der Waals surface area contributed by atoms with Crippen LogP contribution in [0.5, 0.6) is 0 Å². The predicted octanol–water partition coefficient (Wildman–Crippen LogP) is 1.39. The molecular formula is C13H14FN3O. The van der Waals surface area contributed by atoms with Gasteiger partial charge in [-0.2, -0.15) is 5.26 Å². The van der Waals surface area contributed by atoms with Gasteiger partial charge >= 0.3 is 0 Å². The molecule has 4 nitrogen and oxygen atoms in total. The van der Waals surface area contributed by atoms with E-state index in [4.69, 9.17) is 5.26 Å². The van der Waals surface area contributed by atoms with Crippen LogP contribution >= 0.6 is 0 Å². The molecule has 1 aliphatic rings. The molecule has 1 heterocycles. The molecule has 1 atom stereocenters. The van der Waals surface area contributed by atoms with Gasteiger partial charge in [-0.1, -0.05) is 6.07 Å². The molecule has 0 aromatic heterocycles. The maximum Gasteiger partial charge on any atom is 0.245 e. The normalized spacial score (nSPS) is 20.8. The second-order valence-electron chi connectivity index (χ2n) is 4.33. The Morgan fingerprint density at radius 3 is 2.94 bits per heavy atom. The number of amides is 1. The van der Waals surface area contributed by atoms with Crippen molar-refractivity contribution in [2.75, 3.05) is 25.0 Å². The Hall–Kier alpha value is -1.93. The molecule has 5 heteroatoms. The largest absolute Gasteiger partial charge is 0.310 e. The molecule has 1 fully saturated rings. The number of carbonyl (C=O) groups is 1. The number of piperazine rings is 1. The number of rotatable bonds is 2. The summed E-state index contributed by atoms with van der Waals surface area (Å²) < 4.78 is 13.2. The zero-order chi connectivity index (χ0) is 13.1. The van der Waals surface area contributed by atoms with Gasteiger partial charge in [0.05, 0.1) is 12.5 Å². The van der Waals surface area contributed by atoms with Crippen LogP contribution < -0.4 is 4.90 Å². The van der Waals surface area contributed by atoms with Crippen molar-refractivity contribution in [2.24, 2.45) is 0 Å². The van der Waals surface area contributed by atoms with Crippen molar-refractivity contribution in [1.29, 1.82) is 5.26 Å². The Labute approximate surface area is 105 Å². The fraction of sp³-hybridized carbons (Fsp3) is 0.385. The summed E-state index contributed by atoms with van der Waals surface area (Å²) in [5.74, 6) is -0.507. The average molecular weight is 247 g/mol. The Bertz CT molecular complexity index is 497. The maximum absolute atomic E-state index is 13.2. The van der Waals surface area contributed by atoms with Gasteiger partial charge in [0.1, 0.15) is 11.9 Å². The highest BCUT2D eigenvalue weighted by Crippen LogP contribution is 2.21. The predicted molar refractivity (Wildman–Crippen MR) is 65.4 cm³/mol. The number of likely N-dealkylation sites (N-methyl/N-ethyl adjacent to an activating group) is 1. The molecule has 1 aromatic rings. The Morgan fingerprint density at radius 1 is 1.50 bits per heavy atom. The summed E-state index contributed by atoms with van der Waals surface area (Å²) >= 11 is 0. The molecular weight excluding hydrogens is 233 g/mol. The van der Waals surface area contributed by atoms with Crippen molar-refractivity contribution in [3.05, 3.63) is 30.1 Å². The average Bonchev–Trinajstić information content (AvgIpc) is 2.34. The topological polar surface area (TPSA) is 47.3 Å². The Morgan fingerprint density at radius 2 is 2.28 bits per heavy atom. The minimum Gasteiger partial charge on any atom is -0.310 e. The van der Waals surface area contributed by atoms with Gasteiger partial charge in [0.2, 0.25) is 5.91 Å². The molecule has 2 rings (SSSR count). The molecule has 1 aromatic carbocycles. The molecule has 0 saturated carbocycles. The lowest BCUT2D eigenvalue weighted by Gasteiger charge is -2.37. The second kappa shape index (κ2) is 5.15. The molecule has 94 valence electrons. The molecule has 0 N–H and O–H groups in total. The number of hydrogen-bond acceptors (Lipinski definition) is 3. The van der Waals surface area contributed by atoms with Crippen LogP contribution in [0.25, 0.3) is 0 Å². The van der Waals surface area contributed by atoms with Crippen LogP contribution in [0, 0.1) is 17.1 Å². The van der Waals surface area contributed by atoms with E-state index in [1.165, 1.54) is 12.1 Å². The number of benzene rings is 1. The van der Waals surface area contributed by atoms with Crippen LogP contribution in [-0.2, 0) is 4.79 Å². The SMILES string of the molecule is CN1CCN(c2cccc(F)c2)C(=O)C1CC#N. The highest BCUT2D eigenvalue weighted by molar-refractivity contribution is 5.98. The van der Waals surface area contributed by atoms with Crippen LogP contribution in [-0.4, -0.2) is 37.0 Å². The molecule has 1 amide bonds. The highest BCUT2D eigenvalue weighted by Gasteiger charge is 2.33.